The van der Waals surface area contributed by atoms with Crippen molar-refractivity contribution in [2.45, 2.75) is 13.3 Å². The van der Waals surface area contributed by atoms with E-state index in [9.17, 15) is 4.79 Å². The molecule has 0 aliphatic heterocycles. The number of hydrogen-bond donors (Lipinski definition) is 0. The van der Waals surface area contributed by atoms with Crippen LogP contribution in [0, 0.1) is 0 Å². The maximum Gasteiger partial charge on any atom is 0.297 e. The van der Waals surface area contributed by atoms with Gasteiger partial charge >= 0.3 is 0 Å². The zero-order chi connectivity index (χ0) is 16.2. The molecule has 0 unspecified atom stereocenters. The normalized spacial score (nSPS) is 10.7. The largest absolute Gasteiger partial charge is 0.497 e. The lowest BCUT2D eigenvalue weighted by Gasteiger charge is -2.11. The van der Waals surface area contributed by atoms with Crippen molar-refractivity contribution in [1.82, 2.24) is 0 Å². The zero-order valence-electron chi connectivity index (χ0n) is 13.2. The van der Waals surface area contributed by atoms with E-state index in [0.29, 0.717) is 23.1 Å². The average Bonchev–Trinajstić information content (AvgIpc) is 2.60. The molecule has 0 saturated carbocycles. The maximum atomic E-state index is 12.9. The number of para-hydroxylation sites is 1. The van der Waals surface area contributed by atoms with E-state index in [0.717, 1.165) is 17.7 Å². The lowest BCUT2D eigenvalue weighted by atomic mass is 10.0. The molecule has 0 aliphatic rings. The topological polar surface area (TPSA) is 48.7 Å². The Balaban J connectivity index is 2.22. The van der Waals surface area contributed by atoms with Crippen molar-refractivity contribution in [2.24, 2.45) is 0 Å². The van der Waals surface area contributed by atoms with E-state index in [1.807, 2.05) is 43.3 Å². The minimum absolute atomic E-state index is 0.0943. The summed E-state index contributed by atoms with van der Waals surface area (Å²) in [4.78, 5) is 12.9. The highest BCUT2D eigenvalue weighted by molar-refractivity contribution is 5.84. The third-order valence-corrected chi connectivity index (χ3v) is 3.58. The molecular formula is C19H18O4. The fourth-order valence-corrected chi connectivity index (χ4v) is 2.42. The summed E-state index contributed by atoms with van der Waals surface area (Å²) in [5.74, 6) is 0.996. The van der Waals surface area contributed by atoms with Crippen molar-refractivity contribution >= 4 is 11.0 Å². The molecule has 0 N–H and O–H groups in total. The Labute approximate surface area is 134 Å². The number of ether oxygens (including phenoxy) is 2. The van der Waals surface area contributed by atoms with E-state index in [2.05, 4.69) is 0 Å². The lowest BCUT2D eigenvalue weighted by molar-refractivity contribution is 0.248. The van der Waals surface area contributed by atoms with Crippen molar-refractivity contribution < 1.29 is 13.9 Å². The first kappa shape index (κ1) is 15.2. The lowest BCUT2D eigenvalue weighted by Crippen LogP contribution is -2.09. The second kappa shape index (κ2) is 6.57. The monoisotopic (exact) mass is 310 g/mol. The first-order valence-corrected chi connectivity index (χ1v) is 7.57. The van der Waals surface area contributed by atoms with Gasteiger partial charge in [0.05, 0.1) is 19.1 Å². The van der Waals surface area contributed by atoms with Gasteiger partial charge in [-0.1, -0.05) is 31.2 Å². The van der Waals surface area contributed by atoms with Crippen LogP contribution < -0.4 is 14.9 Å². The smallest absolute Gasteiger partial charge is 0.297 e. The molecule has 0 bridgehead atoms. The Morgan fingerprint density at radius 1 is 1.04 bits per heavy atom. The molecule has 3 rings (SSSR count). The van der Waals surface area contributed by atoms with Crippen LogP contribution in [0.4, 0.5) is 0 Å². The van der Waals surface area contributed by atoms with Crippen molar-refractivity contribution in [3.63, 3.8) is 0 Å². The van der Waals surface area contributed by atoms with Gasteiger partial charge in [-0.05, 0) is 36.2 Å². The van der Waals surface area contributed by atoms with Gasteiger partial charge < -0.3 is 13.9 Å². The Bertz CT molecular complexity index is 863. The van der Waals surface area contributed by atoms with E-state index in [4.69, 9.17) is 13.9 Å². The molecule has 23 heavy (non-hydrogen) atoms. The Morgan fingerprint density at radius 2 is 1.78 bits per heavy atom. The molecular weight excluding hydrogens is 292 g/mol. The molecule has 0 radical (unpaired) electrons. The van der Waals surface area contributed by atoms with Gasteiger partial charge in [0.15, 0.2) is 0 Å². The summed E-state index contributed by atoms with van der Waals surface area (Å²) in [5, 5.41) is 0.544. The first-order chi connectivity index (χ1) is 11.2. The van der Waals surface area contributed by atoms with Gasteiger partial charge in [-0.15, -0.1) is 0 Å². The molecule has 1 aromatic heterocycles. The summed E-state index contributed by atoms with van der Waals surface area (Å²) in [6, 6.07) is 14.5. The van der Waals surface area contributed by atoms with Crippen molar-refractivity contribution in [2.75, 3.05) is 13.7 Å². The molecule has 0 fully saturated rings. The van der Waals surface area contributed by atoms with Crippen molar-refractivity contribution in [1.29, 1.82) is 0 Å². The average molecular weight is 310 g/mol. The van der Waals surface area contributed by atoms with Crippen LogP contribution in [0.2, 0.25) is 0 Å². The van der Waals surface area contributed by atoms with Crippen LogP contribution in [-0.2, 0) is 0 Å². The molecule has 3 aromatic rings. The van der Waals surface area contributed by atoms with Crippen LogP contribution in [0.25, 0.3) is 22.1 Å². The molecule has 4 heteroatoms. The molecule has 0 saturated heterocycles. The van der Waals surface area contributed by atoms with Crippen LogP contribution in [0.3, 0.4) is 0 Å². The number of hydrogen-bond acceptors (Lipinski definition) is 4. The predicted molar refractivity (Wildman–Crippen MR) is 90.3 cm³/mol. The third-order valence-electron chi connectivity index (χ3n) is 3.58. The first-order valence-electron chi connectivity index (χ1n) is 7.57. The predicted octanol–water partition coefficient (Wildman–Crippen LogP) is 4.26. The van der Waals surface area contributed by atoms with Crippen LogP contribution in [0.5, 0.6) is 11.7 Å². The summed E-state index contributed by atoms with van der Waals surface area (Å²) in [6.45, 7) is 2.50. The van der Waals surface area contributed by atoms with Gasteiger partial charge in [0.25, 0.3) is 5.95 Å². The molecule has 0 aliphatic carbocycles. The summed E-state index contributed by atoms with van der Waals surface area (Å²) < 4.78 is 16.7. The Morgan fingerprint density at radius 3 is 2.48 bits per heavy atom. The molecule has 2 aromatic carbocycles. The molecule has 118 valence electrons. The fourth-order valence-electron chi connectivity index (χ4n) is 2.42. The van der Waals surface area contributed by atoms with Crippen molar-refractivity contribution in [3.8, 4) is 22.8 Å². The Hall–Kier alpha value is -2.75. The van der Waals surface area contributed by atoms with Crippen LogP contribution in [-0.4, -0.2) is 13.7 Å². The molecule has 0 spiro atoms. The van der Waals surface area contributed by atoms with E-state index in [1.165, 1.54) is 0 Å². The van der Waals surface area contributed by atoms with Crippen LogP contribution in [0.1, 0.15) is 13.3 Å². The standard InChI is InChI=1S/C19H18O4/c1-3-12-22-19-17(13-8-10-14(21-2)11-9-13)18(20)15-6-4-5-7-16(15)23-19/h4-11H,3,12H2,1-2H3. The van der Waals surface area contributed by atoms with E-state index in [-0.39, 0.29) is 11.4 Å². The summed E-state index contributed by atoms with van der Waals surface area (Å²) in [6.07, 6.45) is 0.832. The second-order valence-electron chi connectivity index (χ2n) is 5.17. The highest BCUT2D eigenvalue weighted by atomic mass is 16.6. The molecule has 4 nitrogen and oxygen atoms in total. The zero-order valence-corrected chi connectivity index (χ0v) is 13.2. The van der Waals surface area contributed by atoms with Gasteiger partial charge in [0.2, 0.25) is 5.43 Å². The molecule has 0 atom stereocenters. The Kier molecular flexibility index (Phi) is 4.33. The second-order valence-corrected chi connectivity index (χ2v) is 5.17. The quantitative estimate of drug-likeness (QED) is 0.706. The summed E-state index contributed by atoms with van der Waals surface area (Å²) >= 11 is 0. The maximum absolute atomic E-state index is 12.9. The van der Waals surface area contributed by atoms with E-state index in [1.54, 1.807) is 19.2 Å². The summed E-state index contributed by atoms with van der Waals surface area (Å²) in [5.41, 5.74) is 1.63. The van der Waals surface area contributed by atoms with Gasteiger partial charge in [0, 0.05) is 0 Å². The van der Waals surface area contributed by atoms with Gasteiger partial charge in [-0.2, -0.15) is 0 Å². The van der Waals surface area contributed by atoms with Gasteiger partial charge in [0.1, 0.15) is 16.9 Å². The number of benzene rings is 2. The summed E-state index contributed by atoms with van der Waals surface area (Å²) in [7, 11) is 1.61. The highest BCUT2D eigenvalue weighted by Crippen LogP contribution is 2.31. The van der Waals surface area contributed by atoms with E-state index >= 15 is 0 Å². The molecule has 1 heterocycles. The number of fused-ring (bicyclic) bond motifs is 1. The fraction of sp³-hybridized carbons (Fsp3) is 0.211. The van der Waals surface area contributed by atoms with Crippen molar-refractivity contribution in [3.05, 3.63) is 58.8 Å². The minimum Gasteiger partial charge on any atom is -0.497 e. The van der Waals surface area contributed by atoms with Gasteiger partial charge in [-0.25, -0.2) is 0 Å². The third kappa shape index (κ3) is 2.93. The van der Waals surface area contributed by atoms with Crippen LogP contribution >= 0.6 is 0 Å². The minimum atomic E-state index is -0.0943. The van der Waals surface area contributed by atoms with Gasteiger partial charge in [-0.3, -0.25) is 4.79 Å². The number of rotatable bonds is 5. The highest BCUT2D eigenvalue weighted by Gasteiger charge is 2.17. The van der Waals surface area contributed by atoms with E-state index < -0.39 is 0 Å². The van der Waals surface area contributed by atoms with Crippen LogP contribution in [0.15, 0.2) is 57.7 Å². The molecule has 0 amide bonds. The SMILES string of the molecule is CCCOc1oc2ccccc2c(=O)c1-c1ccc(OC)cc1. The number of methoxy groups -OCH3 is 1.